The average Bonchev–Trinajstić information content (AvgIpc) is 3.22. The second-order valence-corrected chi connectivity index (χ2v) is 7.33. The smallest absolute Gasteiger partial charge is 0.312 e. The molecule has 126 valence electrons. The van der Waals surface area contributed by atoms with Crippen LogP contribution in [0.2, 0.25) is 0 Å². The molecule has 1 saturated carbocycles. The Balaban J connectivity index is 1.56. The van der Waals surface area contributed by atoms with Crippen LogP contribution in [0.4, 0.5) is 0 Å². The van der Waals surface area contributed by atoms with E-state index in [1.165, 1.54) is 19.3 Å². The van der Waals surface area contributed by atoms with E-state index in [1.54, 1.807) is 0 Å². The van der Waals surface area contributed by atoms with Gasteiger partial charge in [0.2, 0.25) is 5.91 Å². The molecule has 2 saturated heterocycles. The number of esters is 1. The van der Waals surface area contributed by atoms with Crippen molar-refractivity contribution in [2.45, 2.75) is 63.2 Å². The molecular weight excluding hydrogens is 294 g/mol. The van der Waals surface area contributed by atoms with Gasteiger partial charge < -0.3 is 14.4 Å². The van der Waals surface area contributed by atoms with E-state index in [2.05, 4.69) is 0 Å². The summed E-state index contributed by atoms with van der Waals surface area (Å²) in [6.07, 6.45) is 10.3. The Bertz CT molecular complexity index is 539. The predicted octanol–water partition coefficient (Wildman–Crippen LogP) is 2.05. The second-order valence-electron chi connectivity index (χ2n) is 7.33. The van der Waals surface area contributed by atoms with Crippen LogP contribution in [0.1, 0.15) is 45.4 Å². The lowest BCUT2D eigenvalue weighted by atomic mass is 9.77. The number of carbonyl (C=O) groups excluding carboxylic acids is 2. The van der Waals surface area contributed by atoms with Gasteiger partial charge in [0.1, 0.15) is 11.5 Å². The first-order valence-corrected chi connectivity index (χ1v) is 9.00. The van der Waals surface area contributed by atoms with Gasteiger partial charge in [-0.1, -0.05) is 38.3 Å². The van der Waals surface area contributed by atoms with Crippen LogP contribution in [0.3, 0.4) is 0 Å². The van der Waals surface area contributed by atoms with Crippen LogP contribution < -0.4 is 0 Å². The number of amides is 1. The number of hydrogen-bond acceptors (Lipinski definition) is 4. The van der Waals surface area contributed by atoms with Crippen molar-refractivity contribution in [3.8, 4) is 0 Å². The van der Waals surface area contributed by atoms with Crippen molar-refractivity contribution < 1.29 is 19.1 Å². The van der Waals surface area contributed by atoms with E-state index in [9.17, 15) is 9.59 Å². The van der Waals surface area contributed by atoms with Crippen molar-refractivity contribution in [3.05, 3.63) is 12.2 Å². The standard InChI is InChI=1S/C18H25NO4/c1-2-10-22-17(21)14-13-8-9-18(23-13)11-19(16(20)15(14)18)12-6-4-3-5-7-12/h8-9,12-15H,2-7,10-11H2,1H3/t13-,14-,15-,18+/m0/s1. The highest BCUT2D eigenvalue weighted by molar-refractivity contribution is 5.91. The maximum Gasteiger partial charge on any atom is 0.312 e. The summed E-state index contributed by atoms with van der Waals surface area (Å²) < 4.78 is 11.5. The van der Waals surface area contributed by atoms with E-state index >= 15 is 0 Å². The van der Waals surface area contributed by atoms with Crippen LogP contribution in [0.5, 0.6) is 0 Å². The molecule has 4 aliphatic rings. The predicted molar refractivity (Wildman–Crippen MR) is 83.6 cm³/mol. The Hall–Kier alpha value is -1.36. The minimum absolute atomic E-state index is 0.0993. The molecule has 1 spiro atoms. The number of hydrogen-bond donors (Lipinski definition) is 0. The molecule has 3 fully saturated rings. The fourth-order valence-corrected chi connectivity index (χ4v) is 4.80. The van der Waals surface area contributed by atoms with Crippen molar-refractivity contribution in [2.75, 3.05) is 13.2 Å². The first kappa shape index (κ1) is 15.2. The van der Waals surface area contributed by atoms with Crippen LogP contribution in [0.25, 0.3) is 0 Å². The number of carbonyl (C=O) groups is 2. The Kier molecular flexibility index (Phi) is 3.71. The van der Waals surface area contributed by atoms with E-state index in [4.69, 9.17) is 9.47 Å². The molecule has 0 aromatic heterocycles. The Labute approximate surface area is 137 Å². The van der Waals surface area contributed by atoms with E-state index in [0.29, 0.717) is 19.2 Å². The Morgan fingerprint density at radius 1 is 1.39 bits per heavy atom. The van der Waals surface area contributed by atoms with Gasteiger partial charge in [0, 0.05) is 6.04 Å². The van der Waals surface area contributed by atoms with Gasteiger partial charge >= 0.3 is 5.97 Å². The van der Waals surface area contributed by atoms with Crippen molar-refractivity contribution >= 4 is 11.9 Å². The average molecular weight is 319 g/mol. The highest BCUT2D eigenvalue weighted by Crippen LogP contribution is 2.53. The Morgan fingerprint density at radius 2 is 2.17 bits per heavy atom. The molecule has 3 aliphatic heterocycles. The minimum Gasteiger partial charge on any atom is -0.465 e. The molecule has 0 unspecified atom stereocenters. The largest absolute Gasteiger partial charge is 0.465 e. The molecule has 0 N–H and O–H groups in total. The maximum atomic E-state index is 13.1. The van der Waals surface area contributed by atoms with Gasteiger partial charge in [-0.05, 0) is 19.3 Å². The van der Waals surface area contributed by atoms with Crippen LogP contribution in [0.15, 0.2) is 12.2 Å². The molecule has 3 heterocycles. The third-order valence-corrected chi connectivity index (χ3v) is 5.87. The maximum absolute atomic E-state index is 13.1. The molecule has 4 rings (SSSR count). The quantitative estimate of drug-likeness (QED) is 0.588. The van der Waals surface area contributed by atoms with Crippen LogP contribution >= 0.6 is 0 Å². The number of likely N-dealkylation sites (tertiary alicyclic amines) is 1. The summed E-state index contributed by atoms with van der Waals surface area (Å²) >= 11 is 0. The van der Waals surface area contributed by atoms with E-state index < -0.39 is 11.5 Å². The van der Waals surface area contributed by atoms with Crippen LogP contribution in [-0.4, -0.2) is 47.7 Å². The molecule has 1 aliphatic carbocycles. The summed E-state index contributed by atoms with van der Waals surface area (Å²) in [6.45, 7) is 2.98. The SMILES string of the molecule is CCCOC(=O)[C@H]1[C@@H]2C=C[C@]3(CN(C4CCCCC4)C(=O)[C@H]13)O2. The minimum atomic E-state index is -0.588. The molecule has 0 aromatic carbocycles. The number of rotatable bonds is 4. The third kappa shape index (κ3) is 2.24. The van der Waals surface area contributed by atoms with Gasteiger partial charge in [-0.3, -0.25) is 9.59 Å². The number of fused-ring (bicyclic) bond motifs is 1. The second kappa shape index (κ2) is 5.62. The first-order chi connectivity index (χ1) is 11.2. The lowest BCUT2D eigenvalue weighted by Crippen LogP contribution is -2.42. The molecule has 1 amide bonds. The normalized spacial score (nSPS) is 39.1. The van der Waals surface area contributed by atoms with Crippen molar-refractivity contribution in [3.63, 3.8) is 0 Å². The molecule has 23 heavy (non-hydrogen) atoms. The van der Waals surface area contributed by atoms with Gasteiger partial charge in [0.25, 0.3) is 0 Å². The van der Waals surface area contributed by atoms with E-state index in [-0.39, 0.29) is 23.9 Å². The van der Waals surface area contributed by atoms with Crippen molar-refractivity contribution in [1.29, 1.82) is 0 Å². The summed E-state index contributed by atoms with van der Waals surface area (Å²) in [7, 11) is 0. The fourth-order valence-electron chi connectivity index (χ4n) is 4.80. The van der Waals surface area contributed by atoms with E-state index in [0.717, 1.165) is 19.3 Å². The zero-order valence-electron chi connectivity index (χ0n) is 13.7. The van der Waals surface area contributed by atoms with Gasteiger partial charge in [0.05, 0.1) is 25.2 Å². The summed E-state index contributed by atoms with van der Waals surface area (Å²) in [5, 5.41) is 0. The highest BCUT2D eigenvalue weighted by atomic mass is 16.6. The summed E-state index contributed by atoms with van der Waals surface area (Å²) in [4.78, 5) is 27.5. The van der Waals surface area contributed by atoms with Gasteiger partial charge in [-0.2, -0.15) is 0 Å². The summed E-state index contributed by atoms with van der Waals surface area (Å²) in [5.74, 6) is -1.02. The number of ether oxygens (including phenoxy) is 2. The van der Waals surface area contributed by atoms with Crippen molar-refractivity contribution in [1.82, 2.24) is 4.90 Å². The summed E-state index contributed by atoms with van der Waals surface area (Å²) in [5.41, 5.74) is -0.588. The number of nitrogens with zero attached hydrogens (tertiary/aromatic N) is 1. The van der Waals surface area contributed by atoms with Gasteiger partial charge in [0.15, 0.2) is 0 Å². The lowest BCUT2D eigenvalue weighted by Gasteiger charge is -2.32. The molecule has 0 radical (unpaired) electrons. The first-order valence-electron chi connectivity index (χ1n) is 9.00. The Morgan fingerprint density at radius 3 is 2.91 bits per heavy atom. The zero-order chi connectivity index (χ0) is 16.0. The topological polar surface area (TPSA) is 55.8 Å². The lowest BCUT2D eigenvalue weighted by molar-refractivity contribution is -0.154. The zero-order valence-corrected chi connectivity index (χ0v) is 13.7. The van der Waals surface area contributed by atoms with Crippen LogP contribution in [-0.2, 0) is 19.1 Å². The van der Waals surface area contributed by atoms with Gasteiger partial charge in [-0.25, -0.2) is 0 Å². The van der Waals surface area contributed by atoms with E-state index in [1.807, 2.05) is 24.0 Å². The summed E-state index contributed by atoms with van der Waals surface area (Å²) in [6, 6.07) is 0.319. The molecule has 5 heteroatoms. The highest BCUT2D eigenvalue weighted by Gasteiger charge is 2.67. The monoisotopic (exact) mass is 319 g/mol. The van der Waals surface area contributed by atoms with Gasteiger partial charge in [-0.15, -0.1) is 0 Å². The van der Waals surface area contributed by atoms with Crippen LogP contribution in [0, 0.1) is 11.8 Å². The molecule has 2 bridgehead atoms. The molecule has 0 aromatic rings. The fraction of sp³-hybridized carbons (Fsp3) is 0.778. The molecular formula is C18H25NO4. The van der Waals surface area contributed by atoms with Crippen molar-refractivity contribution in [2.24, 2.45) is 11.8 Å². The third-order valence-electron chi connectivity index (χ3n) is 5.87. The molecule has 4 atom stereocenters. The molecule has 5 nitrogen and oxygen atoms in total.